The van der Waals surface area contributed by atoms with Crippen LogP contribution in [0.2, 0.25) is 0 Å². The largest absolute Gasteiger partial charge is 0.462 e. The SMILES string of the molecule is CCOC(=O)c1c(NC(=O)[C@H](C)Sc2nnc(CNC(=O)c3ccco3)n2Cc2ccccc2)sc2c1CCCCC2. The van der Waals surface area contributed by atoms with Crippen LogP contribution in [0.1, 0.15) is 75.9 Å². The molecule has 0 aliphatic heterocycles. The summed E-state index contributed by atoms with van der Waals surface area (Å²) in [5.41, 5.74) is 2.52. The van der Waals surface area contributed by atoms with E-state index in [1.807, 2.05) is 34.9 Å². The molecule has 4 aromatic rings. The number of aromatic nitrogens is 3. The van der Waals surface area contributed by atoms with Crippen LogP contribution in [0, 0.1) is 0 Å². The van der Waals surface area contributed by atoms with Crippen LogP contribution in [0.15, 0.2) is 58.3 Å². The first-order chi connectivity index (χ1) is 20.4. The zero-order valence-corrected chi connectivity index (χ0v) is 25.2. The summed E-state index contributed by atoms with van der Waals surface area (Å²) in [6.45, 7) is 4.43. The minimum atomic E-state index is -0.550. The van der Waals surface area contributed by atoms with Crippen LogP contribution in [0.4, 0.5) is 5.00 Å². The number of anilines is 1. The number of ether oxygens (including phenoxy) is 1. The Morgan fingerprint density at radius 3 is 2.67 bits per heavy atom. The van der Waals surface area contributed by atoms with Gasteiger partial charge >= 0.3 is 5.97 Å². The number of hydrogen-bond donors (Lipinski definition) is 2. The van der Waals surface area contributed by atoms with Crippen LogP contribution in [0.25, 0.3) is 0 Å². The second kappa shape index (κ2) is 13.8. The van der Waals surface area contributed by atoms with Gasteiger partial charge in [-0.05, 0) is 62.8 Å². The highest BCUT2D eigenvalue weighted by atomic mass is 32.2. The number of nitrogens with zero attached hydrogens (tertiary/aromatic N) is 3. The van der Waals surface area contributed by atoms with E-state index in [4.69, 9.17) is 9.15 Å². The third kappa shape index (κ3) is 6.93. The zero-order chi connectivity index (χ0) is 29.5. The molecule has 0 radical (unpaired) electrons. The number of carbonyl (C=O) groups is 3. The van der Waals surface area contributed by atoms with Crippen LogP contribution >= 0.6 is 23.1 Å². The second-order valence-corrected chi connectivity index (χ2v) is 12.3. The van der Waals surface area contributed by atoms with Gasteiger partial charge in [0.15, 0.2) is 16.7 Å². The highest BCUT2D eigenvalue weighted by Gasteiger charge is 2.28. The summed E-state index contributed by atoms with van der Waals surface area (Å²) in [6, 6.07) is 13.1. The van der Waals surface area contributed by atoms with Crippen molar-refractivity contribution in [1.29, 1.82) is 0 Å². The molecule has 1 aromatic carbocycles. The van der Waals surface area contributed by atoms with Crippen molar-refractivity contribution in [3.63, 3.8) is 0 Å². The third-order valence-electron chi connectivity index (χ3n) is 6.92. The standard InChI is InChI=1S/C30H33N5O5S2/c1-3-39-29(38)25-21-13-8-5-9-15-23(21)42-28(25)32-26(36)19(2)41-30-34-33-24(17-31-27(37)22-14-10-16-40-22)35(30)18-20-11-6-4-7-12-20/h4,6-7,10-12,14,16,19H,3,5,8-9,13,15,17-18H2,1-2H3,(H,31,37)(H,32,36)/t19-/m0/s1. The number of furan rings is 1. The minimum absolute atomic E-state index is 0.129. The molecule has 0 unspecified atom stereocenters. The number of thiophene rings is 1. The Morgan fingerprint density at radius 1 is 1.10 bits per heavy atom. The van der Waals surface area contributed by atoms with Gasteiger partial charge in [-0.25, -0.2) is 4.79 Å². The number of rotatable bonds is 11. The molecule has 0 fully saturated rings. The van der Waals surface area contributed by atoms with E-state index in [2.05, 4.69) is 20.8 Å². The average molecular weight is 608 g/mol. The summed E-state index contributed by atoms with van der Waals surface area (Å²) in [4.78, 5) is 40.0. The van der Waals surface area contributed by atoms with Gasteiger partial charge in [-0.2, -0.15) is 0 Å². The van der Waals surface area contributed by atoms with Gasteiger partial charge in [-0.15, -0.1) is 21.5 Å². The molecule has 0 saturated carbocycles. The summed E-state index contributed by atoms with van der Waals surface area (Å²) in [6.07, 6.45) is 6.35. The number of aryl methyl sites for hydroxylation is 1. The van der Waals surface area contributed by atoms with Crippen molar-refractivity contribution >= 4 is 45.9 Å². The first-order valence-corrected chi connectivity index (χ1v) is 15.7. The number of benzene rings is 1. The number of esters is 1. The highest BCUT2D eigenvalue weighted by molar-refractivity contribution is 8.00. The lowest BCUT2D eigenvalue weighted by Crippen LogP contribution is -2.25. The average Bonchev–Trinajstić information content (AvgIpc) is 3.69. The normalized spacial score (nSPS) is 13.6. The minimum Gasteiger partial charge on any atom is -0.462 e. The predicted octanol–water partition coefficient (Wildman–Crippen LogP) is 5.48. The number of fused-ring (bicyclic) bond motifs is 1. The van der Waals surface area contributed by atoms with Crippen molar-refractivity contribution in [2.45, 2.75) is 69.4 Å². The van der Waals surface area contributed by atoms with Gasteiger partial charge < -0.3 is 24.4 Å². The lowest BCUT2D eigenvalue weighted by Gasteiger charge is -2.14. The molecular weight excluding hydrogens is 574 g/mol. The molecule has 3 aromatic heterocycles. The maximum absolute atomic E-state index is 13.5. The van der Waals surface area contributed by atoms with Gasteiger partial charge in [-0.1, -0.05) is 48.5 Å². The summed E-state index contributed by atoms with van der Waals surface area (Å²) >= 11 is 2.74. The molecule has 1 aliphatic carbocycles. The smallest absolute Gasteiger partial charge is 0.341 e. The summed E-state index contributed by atoms with van der Waals surface area (Å²) in [5, 5.41) is 15.1. The number of thioether (sulfide) groups is 1. The van der Waals surface area contributed by atoms with Gasteiger partial charge in [0.1, 0.15) is 5.00 Å². The van der Waals surface area contributed by atoms with Crippen molar-refractivity contribution < 1.29 is 23.5 Å². The molecule has 1 aliphatic rings. The van der Waals surface area contributed by atoms with Gasteiger partial charge in [0.2, 0.25) is 5.91 Å². The molecule has 2 amide bonds. The van der Waals surface area contributed by atoms with Crippen molar-refractivity contribution in [2.24, 2.45) is 0 Å². The lowest BCUT2D eigenvalue weighted by atomic mass is 10.1. The Kier molecular flexibility index (Phi) is 9.75. The molecule has 220 valence electrons. The van der Waals surface area contributed by atoms with E-state index >= 15 is 0 Å². The molecule has 0 spiro atoms. The Bertz CT molecular complexity index is 1530. The molecule has 1 atom stereocenters. The maximum Gasteiger partial charge on any atom is 0.341 e. The van der Waals surface area contributed by atoms with Crippen molar-refractivity contribution in [2.75, 3.05) is 11.9 Å². The van der Waals surface area contributed by atoms with Crippen molar-refractivity contribution in [3.8, 4) is 0 Å². The number of hydrogen-bond acceptors (Lipinski definition) is 9. The number of amides is 2. The van der Waals surface area contributed by atoms with E-state index in [1.54, 1.807) is 26.0 Å². The molecule has 0 bridgehead atoms. The van der Waals surface area contributed by atoms with E-state index in [-0.39, 0.29) is 30.7 Å². The molecule has 10 nitrogen and oxygen atoms in total. The van der Waals surface area contributed by atoms with Gasteiger partial charge in [0.05, 0.1) is 36.8 Å². The van der Waals surface area contributed by atoms with E-state index in [0.29, 0.717) is 28.1 Å². The Balaban J connectivity index is 1.34. The van der Waals surface area contributed by atoms with E-state index in [1.165, 1.54) is 29.4 Å². The molecule has 2 N–H and O–H groups in total. The first kappa shape index (κ1) is 29.6. The fourth-order valence-corrected chi connectivity index (χ4v) is 6.94. The Morgan fingerprint density at radius 2 is 1.90 bits per heavy atom. The highest BCUT2D eigenvalue weighted by Crippen LogP contribution is 2.38. The predicted molar refractivity (Wildman–Crippen MR) is 161 cm³/mol. The van der Waals surface area contributed by atoms with Crippen LogP contribution < -0.4 is 10.6 Å². The van der Waals surface area contributed by atoms with Gasteiger partial charge in [-0.3, -0.25) is 9.59 Å². The topological polar surface area (TPSA) is 128 Å². The molecular formula is C30H33N5O5S2. The molecule has 42 heavy (non-hydrogen) atoms. The zero-order valence-electron chi connectivity index (χ0n) is 23.6. The quantitative estimate of drug-likeness (QED) is 0.130. The summed E-state index contributed by atoms with van der Waals surface area (Å²) in [7, 11) is 0. The first-order valence-electron chi connectivity index (χ1n) is 14.0. The van der Waals surface area contributed by atoms with E-state index in [9.17, 15) is 14.4 Å². The van der Waals surface area contributed by atoms with E-state index < -0.39 is 11.2 Å². The maximum atomic E-state index is 13.5. The molecule has 5 rings (SSSR count). The monoisotopic (exact) mass is 607 g/mol. The van der Waals surface area contributed by atoms with Crippen LogP contribution in [0.3, 0.4) is 0 Å². The fourth-order valence-electron chi connectivity index (χ4n) is 4.79. The Hall–Kier alpha value is -3.90. The van der Waals surface area contributed by atoms with Crippen molar-refractivity contribution in [1.82, 2.24) is 20.1 Å². The molecule has 0 saturated heterocycles. The van der Waals surface area contributed by atoms with Gasteiger partial charge in [0, 0.05) is 4.88 Å². The number of carbonyl (C=O) groups excluding carboxylic acids is 3. The lowest BCUT2D eigenvalue weighted by molar-refractivity contribution is -0.115. The van der Waals surface area contributed by atoms with Crippen LogP contribution in [-0.4, -0.2) is 44.4 Å². The fraction of sp³-hybridized carbons (Fsp3) is 0.367. The summed E-state index contributed by atoms with van der Waals surface area (Å²) in [5.74, 6) is -0.249. The molecule has 3 heterocycles. The second-order valence-electron chi connectivity index (χ2n) is 9.87. The summed E-state index contributed by atoms with van der Waals surface area (Å²) < 4.78 is 12.4. The van der Waals surface area contributed by atoms with Crippen LogP contribution in [-0.2, 0) is 35.5 Å². The van der Waals surface area contributed by atoms with Gasteiger partial charge in [0.25, 0.3) is 5.91 Å². The molecule has 12 heteroatoms. The van der Waals surface area contributed by atoms with Crippen molar-refractivity contribution in [3.05, 3.63) is 81.9 Å². The number of nitrogens with one attached hydrogen (secondary N) is 2. The van der Waals surface area contributed by atoms with Crippen LogP contribution in [0.5, 0.6) is 0 Å². The Labute approximate surface area is 252 Å². The third-order valence-corrected chi connectivity index (χ3v) is 9.21. The van der Waals surface area contributed by atoms with E-state index in [0.717, 1.165) is 48.1 Å².